The van der Waals surface area contributed by atoms with Gasteiger partial charge in [0.15, 0.2) is 0 Å². The van der Waals surface area contributed by atoms with Crippen LogP contribution in [0.15, 0.2) is 65.6 Å². The van der Waals surface area contributed by atoms with Crippen molar-refractivity contribution in [2.75, 3.05) is 11.9 Å². The highest BCUT2D eigenvalue weighted by atomic mass is 32.2. The molecule has 0 N–H and O–H groups in total. The molecule has 0 aliphatic carbocycles. The number of para-hydroxylation sites is 1. The predicted octanol–water partition coefficient (Wildman–Crippen LogP) is 4.59. The SMILES string of the molecule is CC[C@H](Sc1ccccc1)[C@H](C#N)N(C)c1ccccc1. The normalized spacial score (nSPS) is 13.2. The van der Waals surface area contributed by atoms with Gasteiger partial charge in [-0.25, -0.2) is 0 Å². The van der Waals surface area contributed by atoms with Gasteiger partial charge >= 0.3 is 0 Å². The van der Waals surface area contributed by atoms with Crippen LogP contribution in [0.3, 0.4) is 0 Å². The van der Waals surface area contributed by atoms with Crippen LogP contribution in [0.5, 0.6) is 0 Å². The summed E-state index contributed by atoms with van der Waals surface area (Å²) in [4.78, 5) is 3.29. The van der Waals surface area contributed by atoms with E-state index in [1.807, 2.05) is 55.6 Å². The fourth-order valence-corrected chi connectivity index (χ4v) is 3.49. The Bertz CT molecular complexity index is 577. The number of nitrogens with zero attached hydrogens (tertiary/aromatic N) is 2. The molecule has 2 aromatic rings. The van der Waals surface area contributed by atoms with E-state index in [1.54, 1.807) is 11.8 Å². The van der Waals surface area contributed by atoms with Crippen LogP contribution >= 0.6 is 11.8 Å². The summed E-state index contributed by atoms with van der Waals surface area (Å²) in [6.07, 6.45) is 0.953. The van der Waals surface area contributed by atoms with Gasteiger partial charge in [0.2, 0.25) is 0 Å². The minimum absolute atomic E-state index is 0.150. The van der Waals surface area contributed by atoms with Crippen LogP contribution in [0.1, 0.15) is 13.3 Å². The summed E-state index contributed by atoms with van der Waals surface area (Å²) in [6, 6.07) is 22.7. The Labute approximate surface area is 131 Å². The van der Waals surface area contributed by atoms with E-state index in [9.17, 15) is 5.26 Å². The molecule has 0 saturated heterocycles. The van der Waals surface area contributed by atoms with E-state index in [2.05, 4.69) is 30.0 Å². The zero-order valence-electron chi connectivity index (χ0n) is 12.4. The third-order valence-electron chi connectivity index (χ3n) is 3.50. The standard InChI is InChI=1S/C18H20N2S/c1-3-18(21-16-12-8-5-9-13-16)17(14-19)20(2)15-10-6-4-7-11-15/h4-13,17-18H,3H2,1-2H3/t17-,18-/m0/s1. The summed E-state index contributed by atoms with van der Waals surface area (Å²) in [5.41, 5.74) is 1.08. The molecule has 0 spiro atoms. The van der Waals surface area contributed by atoms with Crippen LogP contribution in [0.2, 0.25) is 0 Å². The molecule has 0 aromatic heterocycles. The first kappa shape index (κ1) is 15.5. The van der Waals surface area contributed by atoms with Crippen molar-refractivity contribution in [3.63, 3.8) is 0 Å². The number of thioether (sulfide) groups is 1. The molecule has 0 aliphatic heterocycles. The molecule has 3 heteroatoms. The number of nitriles is 1. The van der Waals surface area contributed by atoms with Crippen LogP contribution in [-0.2, 0) is 0 Å². The Kier molecular flexibility index (Phi) is 5.71. The van der Waals surface area contributed by atoms with Gasteiger partial charge in [-0.3, -0.25) is 0 Å². The summed E-state index contributed by atoms with van der Waals surface area (Å²) >= 11 is 1.78. The molecule has 0 heterocycles. The third-order valence-corrected chi connectivity index (χ3v) is 4.94. The molecule has 2 rings (SSSR count). The molecule has 2 atom stereocenters. The first-order valence-electron chi connectivity index (χ1n) is 7.15. The molecule has 0 fully saturated rings. The molecule has 2 aromatic carbocycles. The maximum atomic E-state index is 9.63. The second-order valence-electron chi connectivity index (χ2n) is 4.90. The predicted molar refractivity (Wildman–Crippen MR) is 90.6 cm³/mol. The van der Waals surface area contributed by atoms with E-state index in [4.69, 9.17) is 0 Å². The van der Waals surface area contributed by atoms with Gasteiger partial charge in [0.05, 0.1) is 6.07 Å². The van der Waals surface area contributed by atoms with Crippen molar-refractivity contribution in [2.45, 2.75) is 29.5 Å². The lowest BCUT2D eigenvalue weighted by atomic mass is 10.1. The second-order valence-corrected chi connectivity index (χ2v) is 6.21. The lowest BCUT2D eigenvalue weighted by molar-refractivity contribution is 0.690. The maximum absolute atomic E-state index is 9.63. The minimum Gasteiger partial charge on any atom is -0.358 e. The zero-order valence-corrected chi connectivity index (χ0v) is 13.3. The van der Waals surface area contributed by atoms with E-state index in [1.165, 1.54) is 4.90 Å². The third kappa shape index (κ3) is 4.03. The first-order chi connectivity index (χ1) is 10.3. The average Bonchev–Trinajstić information content (AvgIpc) is 2.56. The highest BCUT2D eigenvalue weighted by molar-refractivity contribution is 8.00. The molecule has 21 heavy (non-hydrogen) atoms. The van der Waals surface area contributed by atoms with E-state index in [-0.39, 0.29) is 11.3 Å². The zero-order chi connectivity index (χ0) is 15.1. The summed E-state index contributed by atoms with van der Waals surface area (Å²) in [5.74, 6) is 0. The van der Waals surface area contributed by atoms with Gasteiger partial charge in [-0.1, -0.05) is 43.3 Å². The molecular formula is C18H20N2S. The summed E-state index contributed by atoms with van der Waals surface area (Å²) in [5, 5.41) is 9.87. The lowest BCUT2D eigenvalue weighted by Gasteiger charge is -2.30. The largest absolute Gasteiger partial charge is 0.358 e. The molecular weight excluding hydrogens is 276 g/mol. The van der Waals surface area contributed by atoms with Crippen molar-refractivity contribution < 1.29 is 0 Å². The Morgan fingerprint density at radius 1 is 1.05 bits per heavy atom. The van der Waals surface area contributed by atoms with Crippen LogP contribution in [0.25, 0.3) is 0 Å². The van der Waals surface area contributed by atoms with Crippen molar-refractivity contribution >= 4 is 17.4 Å². The summed E-state index contributed by atoms with van der Waals surface area (Å²) in [7, 11) is 2.00. The summed E-state index contributed by atoms with van der Waals surface area (Å²) < 4.78 is 0. The Hall–Kier alpha value is -1.92. The van der Waals surface area contributed by atoms with E-state index < -0.39 is 0 Å². The number of hydrogen-bond acceptors (Lipinski definition) is 3. The van der Waals surface area contributed by atoms with Gasteiger partial charge < -0.3 is 4.90 Å². The fourth-order valence-electron chi connectivity index (χ4n) is 2.29. The highest BCUT2D eigenvalue weighted by Crippen LogP contribution is 2.30. The number of benzene rings is 2. The molecule has 0 radical (unpaired) electrons. The van der Waals surface area contributed by atoms with Crippen LogP contribution < -0.4 is 4.90 Å². The first-order valence-corrected chi connectivity index (χ1v) is 8.03. The van der Waals surface area contributed by atoms with Gasteiger partial charge in [-0.15, -0.1) is 11.8 Å². The van der Waals surface area contributed by atoms with Crippen LogP contribution in [0.4, 0.5) is 5.69 Å². The van der Waals surface area contributed by atoms with Crippen LogP contribution in [-0.4, -0.2) is 18.3 Å². The Morgan fingerprint density at radius 3 is 2.14 bits per heavy atom. The lowest BCUT2D eigenvalue weighted by Crippen LogP contribution is -2.38. The monoisotopic (exact) mass is 296 g/mol. The fraction of sp³-hybridized carbons (Fsp3) is 0.278. The van der Waals surface area contributed by atoms with Crippen molar-refractivity contribution in [3.8, 4) is 6.07 Å². The molecule has 0 unspecified atom stereocenters. The maximum Gasteiger partial charge on any atom is 0.129 e. The second kappa shape index (κ2) is 7.75. The number of rotatable bonds is 6. The van der Waals surface area contributed by atoms with E-state index >= 15 is 0 Å². The van der Waals surface area contributed by atoms with Gasteiger partial charge in [0.1, 0.15) is 6.04 Å². The Morgan fingerprint density at radius 2 is 1.62 bits per heavy atom. The Balaban J connectivity index is 2.16. The van der Waals surface area contributed by atoms with Crippen LogP contribution in [0, 0.1) is 11.3 Å². The number of anilines is 1. The number of hydrogen-bond donors (Lipinski definition) is 0. The van der Waals surface area contributed by atoms with Crippen molar-refractivity contribution in [1.82, 2.24) is 0 Å². The molecule has 0 bridgehead atoms. The van der Waals surface area contributed by atoms with Crippen molar-refractivity contribution in [2.24, 2.45) is 0 Å². The van der Waals surface area contributed by atoms with Crippen molar-refractivity contribution in [3.05, 3.63) is 60.7 Å². The van der Waals surface area contributed by atoms with Gasteiger partial charge in [0, 0.05) is 22.9 Å². The summed E-state index contributed by atoms with van der Waals surface area (Å²) in [6.45, 7) is 2.14. The van der Waals surface area contributed by atoms with Crippen molar-refractivity contribution in [1.29, 1.82) is 5.26 Å². The topological polar surface area (TPSA) is 27.0 Å². The van der Waals surface area contributed by atoms with E-state index in [0.717, 1.165) is 12.1 Å². The van der Waals surface area contributed by atoms with Gasteiger partial charge in [-0.2, -0.15) is 5.26 Å². The van der Waals surface area contributed by atoms with E-state index in [0.29, 0.717) is 0 Å². The quantitative estimate of drug-likeness (QED) is 0.730. The average molecular weight is 296 g/mol. The van der Waals surface area contributed by atoms with Gasteiger partial charge in [0.25, 0.3) is 0 Å². The smallest absolute Gasteiger partial charge is 0.129 e. The molecule has 0 saturated carbocycles. The molecule has 2 nitrogen and oxygen atoms in total. The highest BCUT2D eigenvalue weighted by Gasteiger charge is 2.25. The molecule has 0 aliphatic rings. The minimum atomic E-state index is -0.150. The molecule has 0 amide bonds. The molecule has 108 valence electrons. The van der Waals surface area contributed by atoms with Gasteiger partial charge in [-0.05, 0) is 30.7 Å².